The summed E-state index contributed by atoms with van der Waals surface area (Å²) in [5.41, 5.74) is 3.76. The van der Waals surface area contributed by atoms with E-state index in [0.717, 1.165) is 46.6 Å². The number of aliphatic hydroxyl groups is 1. The van der Waals surface area contributed by atoms with Crippen LogP contribution in [0.1, 0.15) is 61.4 Å². The third-order valence-corrected chi connectivity index (χ3v) is 8.41. The van der Waals surface area contributed by atoms with E-state index in [4.69, 9.17) is 0 Å². The highest BCUT2D eigenvalue weighted by Crippen LogP contribution is 2.50. The largest absolute Gasteiger partial charge is 0.481 e. The number of nitrogens with one attached hydrogen (secondary N) is 1. The van der Waals surface area contributed by atoms with Crippen molar-refractivity contribution in [2.45, 2.75) is 64.9 Å². The fraction of sp³-hybridized carbons (Fsp3) is 0.462. The van der Waals surface area contributed by atoms with E-state index in [1.54, 1.807) is 6.20 Å². The summed E-state index contributed by atoms with van der Waals surface area (Å²) in [6, 6.07) is 6.21. The molecule has 0 bridgehead atoms. The summed E-state index contributed by atoms with van der Waals surface area (Å²) in [4.78, 5) is 26.3. The molecule has 3 aromatic rings. The first-order valence-electron chi connectivity index (χ1n) is 11.8. The smallest absolute Gasteiger partial charge is 0.307 e. The first kappa shape index (κ1) is 22.9. The SMILES string of the molecule is Cc1cc(Nc2ncc3c(n2)CCC3)cc(-c2cnc([C@@]3(O)CC[C@H](C(=O)O)C(C)(C)C3)s2)c1. The van der Waals surface area contributed by atoms with E-state index in [9.17, 15) is 15.0 Å². The van der Waals surface area contributed by atoms with Crippen molar-refractivity contribution in [3.05, 3.63) is 52.4 Å². The Morgan fingerprint density at radius 2 is 2.00 bits per heavy atom. The van der Waals surface area contributed by atoms with Crippen molar-refractivity contribution in [3.63, 3.8) is 0 Å². The summed E-state index contributed by atoms with van der Waals surface area (Å²) in [6.07, 6.45) is 8.13. The van der Waals surface area contributed by atoms with Gasteiger partial charge in [0.1, 0.15) is 10.6 Å². The van der Waals surface area contributed by atoms with Crippen molar-refractivity contribution in [1.29, 1.82) is 0 Å². The Bertz CT molecular complexity index is 1250. The molecular weight excluding hydrogens is 448 g/mol. The Morgan fingerprint density at radius 1 is 1.18 bits per heavy atom. The molecule has 1 saturated carbocycles. The lowest BCUT2D eigenvalue weighted by Crippen LogP contribution is -2.44. The second-order valence-corrected chi connectivity index (χ2v) is 11.4. The van der Waals surface area contributed by atoms with Gasteiger partial charge in [0.25, 0.3) is 0 Å². The highest BCUT2D eigenvalue weighted by molar-refractivity contribution is 7.15. The minimum Gasteiger partial charge on any atom is -0.481 e. The van der Waals surface area contributed by atoms with Crippen LogP contribution in [0.2, 0.25) is 0 Å². The van der Waals surface area contributed by atoms with Crippen LogP contribution in [0.15, 0.2) is 30.6 Å². The molecule has 2 aromatic heterocycles. The summed E-state index contributed by atoms with van der Waals surface area (Å²) in [5, 5.41) is 25.0. The van der Waals surface area contributed by atoms with Crippen LogP contribution < -0.4 is 5.32 Å². The Labute approximate surface area is 203 Å². The molecule has 0 amide bonds. The van der Waals surface area contributed by atoms with Crippen molar-refractivity contribution in [2.75, 3.05) is 5.32 Å². The molecule has 3 N–H and O–H groups in total. The Balaban J connectivity index is 1.39. The number of carboxylic acid groups (broad SMARTS) is 1. The molecule has 0 spiro atoms. The molecule has 0 unspecified atom stereocenters. The van der Waals surface area contributed by atoms with Gasteiger partial charge in [0.2, 0.25) is 5.95 Å². The van der Waals surface area contributed by atoms with Crippen molar-refractivity contribution in [1.82, 2.24) is 15.0 Å². The second kappa shape index (κ2) is 8.43. The minimum atomic E-state index is -1.11. The molecule has 0 radical (unpaired) electrons. The number of carbonyl (C=O) groups is 1. The number of benzene rings is 1. The molecule has 2 aliphatic rings. The number of fused-ring (bicyclic) bond motifs is 1. The van der Waals surface area contributed by atoms with E-state index >= 15 is 0 Å². The molecule has 178 valence electrons. The number of carboxylic acids is 1. The number of hydrogen-bond donors (Lipinski definition) is 3. The van der Waals surface area contributed by atoms with Crippen LogP contribution in [-0.4, -0.2) is 31.1 Å². The van der Waals surface area contributed by atoms with Gasteiger partial charge < -0.3 is 15.5 Å². The third-order valence-electron chi connectivity index (χ3n) is 7.17. The number of nitrogens with zero attached hydrogens (tertiary/aromatic N) is 3. The van der Waals surface area contributed by atoms with Crippen LogP contribution in [-0.2, 0) is 23.2 Å². The standard InChI is InChI=1S/C26H30N4O3S/c1-15-9-17(11-18(10-15)29-24-28-12-16-5-4-6-20(16)30-24)21-13-27-23(34-21)26(33)8-7-19(22(31)32)25(2,3)14-26/h9-13,19,33H,4-8,14H2,1-3H3,(H,31,32)(H,28,29,30)/t19-,26-/m1/s1. The van der Waals surface area contributed by atoms with Gasteiger partial charge in [-0.1, -0.05) is 19.9 Å². The van der Waals surface area contributed by atoms with Crippen LogP contribution in [0.5, 0.6) is 0 Å². The summed E-state index contributed by atoms with van der Waals surface area (Å²) in [6.45, 7) is 5.89. The molecule has 1 aromatic carbocycles. The second-order valence-electron chi connectivity index (χ2n) is 10.4. The highest BCUT2D eigenvalue weighted by atomic mass is 32.1. The van der Waals surface area contributed by atoms with Gasteiger partial charge in [0.15, 0.2) is 0 Å². The molecule has 0 aliphatic heterocycles. The average molecular weight is 479 g/mol. The molecule has 2 aliphatic carbocycles. The lowest BCUT2D eigenvalue weighted by atomic mass is 9.63. The first-order chi connectivity index (χ1) is 16.1. The summed E-state index contributed by atoms with van der Waals surface area (Å²) in [7, 11) is 0. The summed E-state index contributed by atoms with van der Waals surface area (Å²) in [5.74, 6) is -0.646. The Morgan fingerprint density at radius 3 is 2.76 bits per heavy atom. The van der Waals surface area contributed by atoms with Crippen LogP contribution in [0.4, 0.5) is 11.6 Å². The number of anilines is 2. The maximum Gasteiger partial charge on any atom is 0.307 e. The monoisotopic (exact) mass is 478 g/mol. The number of hydrogen-bond acceptors (Lipinski definition) is 7. The van der Waals surface area contributed by atoms with Crippen molar-refractivity contribution in [3.8, 4) is 10.4 Å². The van der Waals surface area contributed by atoms with E-state index in [0.29, 0.717) is 30.2 Å². The van der Waals surface area contributed by atoms with Crippen molar-refractivity contribution in [2.24, 2.45) is 11.3 Å². The number of rotatable bonds is 5. The molecule has 1 fully saturated rings. The normalized spacial score (nSPS) is 23.5. The lowest BCUT2D eigenvalue weighted by Gasteiger charge is -2.44. The number of aromatic nitrogens is 3. The summed E-state index contributed by atoms with van der Waals surface area (Å²) < 4.78 is 0. The number of aryl methyl sites for hydroxylation is 3. The van der Waals surface area contributed by atoms with E-state index in [1.807, 2.05) is 27.0 Å². The molecular formula is C26H30N4O3S. The number of thiazole rings is 1. The van der Waals surface area contributed by atoms with Crippen molar-refractivity contribution < 1.29 is 15.0 Å². The predicted molar refractivity (Wildman–Crippen MR) is 132 cm³/mol. The topological polar surface area (TPSA) is 108 Å². The zero-order valence-electron chi connectivity index (χ0n) is 19.8. The van der Waals surface area contributed by atoms with E-state index in [-0.39, 0.29) is 0 Å². The molecule has 5 rings (SSSR count). The average Bonchev–Trinajstić information content (AvgIpc) is 3.42. The molecule has 34 heavy (non-hydrogen) atoms. The number of aliphatic carboxylic acids is 1. The molecule has 8 heteroatoms. The Kier molecular flexibility index (Phi) is 5.68. The van der Waals surface area contributed by atoms with Gasteiger partial charge in [-0.15, -0.1) is 11.3 Å². The Hall–Kier alpha value is -2.84. The molecule has 7 nitrogen and oxygen atoms in total. The maximum atomic E-state index is 11.6. The molecule has 0 saturated heterocycles. The van der Waals surface area contributed by atoms with Crippen molar-refractivity contribution >= 4 is 28.9 Å². The van der Waals surface area contributed by atoms with E-state index < -0.39 is 22.9 Å². The lowest BCUT2D eigenvalue weighted by molar-refractivity contribution is -0.154. The van der Waals surface area contributed by atoms with Gasteiger partial charge in [-0.05, 0) is 79.7 Å². The fourth-order valence-corrected chi connectivity index (χ4v) is 6.52. The highest BCUT2D eigenvalue weighted by Gasteiger charge is 2.49. The maximum absolute atomic E-state index is 11.6. The van der Waals surface area contributed by atoms with E-state index in [1.165, 1.54) is 16.9 Å². The molecule has 2 heterocycles. The first-order valence-corrected chi connectivity index (χ1v) is 12.6. The third kappa shape index (κ3) is 4.32. The fourth-order valence-electron chi connectivity index (χ4n) is 5.50. The zero-order valence-corrected chi connectivity index (χ0v) is 20.6. The zero-order chi connectivity index (χ0) is 24.1. The van der Waals surface area contributed by atoms with Gasteiger partial charge in [-0.2, -0.15) is 0 Å². The van der Waals surface area contributed by atoms with Crippen LogP contribution >= 0.6 is 11.3 Å². The minimum absolute atomic E-state index is 0.375. The van der Waals surface area contributed by atoms with Gasteiger partial charge in [0, 0.05) is 23.8 Å². The molecule has 2 atom stereocenters. The van der Waals surface area contributed by atoms with Gasteiger partial charge in [-0.3, -0.25) is 4.79 Å². The quantitative estimate of drug-likeness (QED) is 0.460. The van der Waals surface area contributed by atoms with Gasteiger partial charge in [0.05, 0.1) is 10.8 Å². The van der Waals surface area contributed by atoms with Crippen LogP contribution in [0.25, 0.3) is 10.4 Å². The van der Waals surface area contributed by atoms with E-state index in [2.05, 4.69) is 38.5 Å². The van der Waals surface area contributed by atoms with Gasteiger partial charge >= 0.3 is 5.97 Å². The van der Waals surface area contributed by atoms with Crippen LogP contribution in [0, 0.1) is 18.3 Å². The predicted octanol–water partition coefficient (Wildman–Crippen LogP) is 5.24. The summed E-state index contributed by atoms with van der Waals surface area (Å²) >= 11 is 1.47. The van der Waals surface area contributed by atoms with Crippen LogP contribution in [0.3, 0.4) is 0 Å². The van der Waals surface area contributed by atoms with Gasteiger partial charge in [-0.25, -0.2) is 15.0 Å².